The standard InChI is InChI=1S/C12H19BrFN3/c1-4-17(7-5-6-16(2)3)12-11(14)8-10(13)9-15-12/h8-9H,4-7H2,1-3H3. The third kappa shape index (κ3) is 4.60. The van der Waals surface area contributed by atoms with Crippen LogP contribution in [0.2, 0.25) is 0 Å². The van der Waals surface area contributed by atoms with Gasteiger partial charge in [-0.3, -0.25) is 0 Å². The van der Waals surface area contributed by atoms with Crippen LogP contribution >= 0.6 is 15.9 Å². The Bertz CT molecular complexity index is 358. The summed E-state index contributed by atoms with van der Waals surface area (Å²) in [6, 6.07) is 1.46. The Hall–Kier alpha value is -0.680. The van der Waals surface area contributed by atoms with Crippen molar-refractivity contribution in [2.24, 2.45) is 0 Å². The Kier molecular flexibility index (Phi) is 5.85. The molecule has 0 bridgehead atoms. The third-order valence-corrected chi connectivity index (χ3v) is 2.94. The van der Waals surface area contributed by atoms with Crippen molar-refractivity contribution < 1.29 is 4.39 Å². The van der Waals surface area contributed by atoms with Crippen LogP contribution in [0.5, 0.6) is 0 Å². The Labute approximate surface area is 111 Å². The number of rotatable bonds is 6. The largest absolute Gasteiger partial charge is 0.354 e. The van der Waals surface area contributed by atoms with Gasteiger partial charge in [-0.2, -0.15) is 0 Å². The predicted octanol–water partition coefficient (Wildman–Crippen LogP) is 2.76. The molecule has 0 aromatic carbocycles. The summed E-state index contributed by atoms with van der Waals surface area (Å²) in [6.07, 6.45) is 2.63. The average molecular weight is 304 g/mol. The molecule has 5 heteroatoms. The maximum atomic E-state index is 13.7. The van der Waals surface area contributed by atoms with E-state index in [1.807, 2.05) is 25.9 Å². The van der Waals surface area contributed by atoms with Gasteiger partial charge in [-0.25, -0.2) is 9.37 Å². The Morgan fingerprint density at radius 1 is 1.35 bits per heavy atom. The van der Waals surface area contributed by atoms with Crippen molar-refractivity contribution in [3.8, 4) is 0 Å². The molecule has 0 amide bonds. The molecule has 0 atom stereocenters. The summed E-state index contributed by atoms with van der Waals surface area (Å²) in [7, 11) is 4.07. The molecule has 0 radical (unpaired) electrons. The molecule has 1 aromatic rings. The molecule has 0 aliphatic carbocycles. The van der Waals surface area contributed by atoms with Gasteiger partial charge in [0, 0.05) is 23.8 Å². The maximum absolute atomic E-state index is 13.7. The van der Waals surface area contributed by atoms with E-state index in [2.05, 4.69) is 25.8 Å². The van der Waals surface area contributed by atoms with Gasteiger partial charge in [0.15, 0.2) is 11.6 Å². The normalized spacial score (nSPS) is 10.9. The third-order valence-electron chi connectivity index (χ3n) is 2.50. The summed E-state index contributed by atoms with van der Waals surface area (Å²) >= 11 is 3.21. The minimum absolute atomic E-state index is 0.272. The van der Waals surface area contributed by atoms with Crippen molar-refractivity contribution in [3.05, 3.63) is 22.6 Å². The lowest BCUT2D eigenvalue weighted by Crippen LogP contribution is -2.28. The number of hydrogen-bond acceptors (Lipinski definition) is 3. The van der Waals surface area contributed by atoms with Crippen LogP contribution < -0.4 is 4.90 Å². The molecule has 0 saturated heterocycles. The van der Waals surface area contributed by atoms with Gasteiger partial charge in [-0.1, -0.05) is 0 Å². The fraction of sp³-hybridized carbons (Fsp3) is 0.583. The van der Waals surface area contributed by atoms with E-state index in [1.54, 1.807) is 6.20 Å². The summed E-state index contributed by atoms with van der Waals surface area (Å²) < 4.78 is 14.4. The van der Waals surface area contributed by atoms with E-state index in [1.165, 1.54) is 6.07 Å². The highest BCUT2D eigenvalue weighted by atomic mass is 79.9. The summed E-state index contributed by atoms with van der Waals surface area (Å²) in [4.78, 5) is 8.22. The van der Waals surface area contributed by atoms with Crippen LogP contribution in [0.15, 0.2) is 16.7 Å². The zero-order chi connectivity index (χ0) is 12.8. The van der Waals surface area contributed by atoms with Crippen molar-refractivity contribution >= 4 is 21.7 Å². The van der Waals surface area contributed by atoms with Crippen molar-refractivity contribution in [1.82, 2.24) is 9.88 Å². The number of nitrogens with zero attached hydrogens (tertiary/aromatic N) is 3. The van der Waals surface area contributed by atoms with Gasteiger partial charge in [-0.05, 0) is 56.0 Å². The monoisotopic (exact) mass is 303 g/mol. The van der Waals surface area contributed by atoms with Gasteiger partial charge < -0.3 is 9.80 Å². The van der Waals surface area contributed by atoms with Gasteiger partial charge in [-0.15, -0.1) is 0 Å². The predicted molar refractivity (Wildman–Crippen MR) is 73.0 cm³/mol. The van der Waals surface area contributed by atoms with E-state index in [0.717, 1.165) is 26.1 Å². The summed E-state index contributed by atoms with van der Waals surface area (Å²) in [5, 5.41) is 0. The molecule has 0 spiro atoms. The second-order valence-corrected chi connectivity index (χ2v) is 5.11. The lowest BCUT2D eigenvalue weighted by molar-refractivity contribution is 0.400. The average Bonchev–Trinajstić information content (AvgIpc) is 2.25. The SMILES string of the molecule is CCN(CCCN(C)C)c1ncc(Br)cc1F. The van der Waals surface area contributed by atoms with Crippen LogP contribution in [0.1, 0.15) is 13.3 Å². The minimum atomic E-state index is -0.272. The van der Waals surface area contributed by atoms with Crippen LogP contribution in [0.3, 0.4) is 0 Å². The van der Waals surface area contributed by atoms with E-state index in [9.17, 15) is 4.39 Å². The number of halogens is 2. The highest BCUT2D eigenvalue weighted by molar-refractivity contribution is 9.10. The first-order valence-electron chi connectivity index (χ1n) is 5.75. The lowest BCUT2D eigenvalue weighted by Gasteiger charge is -2.23. The fourth-order valence-corrected chi connectivity index (χ4v) is 1.93. The molecule has 3 nitrogen and oxygen atoms in total. The first-order valence-corrected chi connectivity index (χ1v) is 6.54. The molecular weight excluding hydrogens is 285 g/mol. The lowest BCUT2D eigenvalue weighted by atomic mass is 10.3. The molecule has 17 heavy (non-hydrogen) atoms. The van der Waals surface area contributed by atoms with Crippen molar-refractivity contribution in [2.45, 2.75) is 13.3 Å². The second kappa shape index (κ2) is 6.91. The smallest absolute Gasteiger partial charge is 0.166 e. The Balaban J connectivity index is 2.66. The first kappa shape index (κ1) is 14.4. The van der Waals surface area contributed by atoms with Crippen LogP contribution in [-0.2, 0) is 0 Å². The Morgan fingerprint density at radius 2 is 2.06 bits per heavy atom. The summed E-state index contributed by atoms with van der Waals surface area (Å²) in [5.41, 5.74) is 0. The molecule has 0 aliphatic rings. The van der Waals surface area contributed by atoms with Crippen LogP contribution in [0.25, 0.3) is 0 Å². The topological polar surface area (TPSA) is 19.4 Å². The van der Waals surface area contributed by atoms with E-state index < -0.39 is 0 Å². The molecule has 0 saturated carbocycles. The Morgan fingerprint density at radius 3 is 2.59 bits per heavy atom. The molecule has 0 N–H and O–H groups in total. The van der Waals surface area contributed by atoms with E-state index in [0.29, 0.717) is 10.3 Å². The summed E-state index contributed by atoms with van der Waals surface area (Å²) in [5.74, 6) is 0.167. The minimum Gasteiger partial charge on any atom is -0.354 e. The van der Waals surface area contributed by atoms with Crippen LogP contribution in [0.4, 0.5) is 10.2 Å². The number of hydrogen-bond donors (Lipinski definition) is 0. The van der Waals surface area contributed by atoms with Crippen molar-refractivity contribution in [3.63, 3.8) is 0 Å². The van der Waals surface area contributed by atoms with Gasteiger partial charge in [0.1, 0.15) is 0 Å². The van der Waals surface area contributed by atoms with Crippen LogP contribution in [0, 0.1) is 5.82 Å². The van der Waals surface area contributed by atoms with Crippen molar-refractivity contribution in [2.75, 3.05) is 38.6 Å². The van der Waals surface area contributed by atoms with Crippen molar-refractivity contribution in [1.29, 1.82) is 0 Å². The molecule has 1 heterocycles. The molecule has 0 fully saturated rings. The van der Waals surface area contributed by atoms with Gasteiger partial charge in [0.05, 0.1) is 0 Å². The molecule has 1 aromatic heterocycles. The maximum Gasteiger partial charge on any atom is 0.166 e. The summed E-state index contributed by atoms with van der Waals surface area (Å²) in [6.45, 7) is 4.59. The van der Waals surface area contributed by atoms with E-state index in [4.69, 9.17) is 0 Å². The van der Waals surface area contributed by atoms with Gasteiger partial charge in [0.2, 0.25) is 0 Å². The highest BCUT2D eigenvalue weighted by Gasteiger charge is 2.11. The number of anilines is 1. The molecular formula is C12H19BrFN3. The zero-order valence-corrected chi connectivity index (χ0v) is 12.2. The molecule has 0 aliphatic heterocycles. The molecule has 1 rings (SSSR count). The first-order chi connectivity index (χ1) is 8.04. The number of pyridine rings is 1. The zero-order valence-electron chi connectivity index (χ0n) is 10.6. The fourth-order valence-electron chi connectivity index (χ4n) is 1.63. The van der Waals surface area contributed by atoms with Gasteiger partial charge in [0.25, 0.3) is 0 Å². The molecule has 96 valence electrons. The quantitative estimate of drug-likeness (QED) is 0.805. The van der Waals surface area contributed by atoms with E-state index in [-0.39, 0.29) is 5.82 Å². The van der Waals surface area contributed by atoms with E-state index >= 15 is 0 Å². The second-order valence-electron chi connectivity index (χ2n) is 4.20. The highest BCUT2D eigenvalue weighted by Crippen LogP contribution is 2.19. The number of aromatic nitrogens is 1. The molecule has 0 unspecified atom stereocenters. The van der Waals surface area contributed by atoms with Gasteiger partial charge >= 0.3 is 0 Å². The van der Waals surface area contributed by atoms with Crippen LogP contribution in [-0.4, -0.2) is 43.6 Å².